The molecule has 5 nitrogen and oxygen atoms in total. The monoisotopic (exact) mass is 257 g/mol. The van der Waals surface area contributed by atoms with E-state index in [9.17, 15) is 9.59 Å². The van der Waals surface area contributed by atoms with E-state index in [1.807, 2.05) is 13.8 Å². The number of ether oxygens (including phenoxy) is 1. The predicted octanol–water partition coefficient (Wildman–Crippen LogP) is 1.42. The maximum absolute atomic E-state index is 12.0. The highest BCUT2D eigenvalue weighted by atomic mass is 16.5. The molecule has 18 heavy (non-hydrogen) atoms. The van der Waals surface area contributed by atoms with Gasteiger partial charge in [0.25, 0.3) is 0 Å². The van der Waals surface area contributed by atoms with Crippen molar-refractivity contribution in [1.29, 1.82) is 0 Å². The Morgan fingerprint density at radius 2 is 2.00 bits per heavy atom. The predicted molar refractivity (Wildman–Crippen MR) is 67.2 cm³/mol. The largest absolute Gasteiger partial charge is 0.480 e. The molecule has 2 N–H and O–H groups in total. The van der Waals surface area contributed by atoms with E-state index in [0.717, 1.165) is 12.8 Å². The van der Waals surface area contributed by atoms with Crippen molar-refractivity contribution in [3.63, 3.8) is 0 Å². The highest BCUT2D eigenvalue weighted by molar-refractivity contribution is 6.02. The van der Waals surface area contributed by atoms with Crippen LogP contribution in [0.15, 0.2) is 0 Å². The Balaban J connectivity index is 2.48. The van der Waals surface area contributed by atoms with Crippen LogP contribution < -0.4 is 5.32 Å². The van der Waals surface area contributed by atoms with Gasteiger partial charge >= 0.3 is 5.97 Å². The summed E-state index contributed by atoms with van der Waals surface area (Å²) in [5.41, 5.74) is -1.26. The summed E-state index contributed by atoms with van der Waals surface area (Å²) in [5, 5.41) is 11.9. The molecule has 0 heterocycles. The molecule has 1 aliphatic rings. The fourth-order valence-electron chi connectivity index (χ4n) is 2.02. The van der Waals surface area contributed by atoms with E-state index < -0.39 is 11.4 Å². The van der Waals surface area contributed by atoms with Crippen LogP contribution in [0.3, 0.4) is 0 Å². The van der Waals surface area contributed by atoms with Crippen molar-refractivity contribution in [2.75, 3.05) is 20.3 Å². The maximum atomic E-state index is 12.0. The van der Waals surface area contributed by atoms with Gasteiger partial charge in [-0.1, -0.05) is 20.3 Å². The molecule has 1 fully saturated rings. The van der Waals surface area contributed by atoms with E-state index in [0.29, 0.717) is 26.0 Å². The zero-order valence-corrected chi connectivity index (χ0v) is 11.4. The first kappa shape index (κ1) is 15.0. The summed E-state index contributed by atoms with van der Waals surface area (Å²) in [4.78, 5) is 23.1. The van der Waals surface area contributed by atoms with Gasteiger partial charge in [0.2, 0.25) is 5.91 Å². The summed E-state index contributed by atoms with van der Waals surface area (Å²) < 4.78 is 5.02. The molecule has 0 radical (unpaired) electrons. The molecular formula is C13H23NO4. The number of aliphatic carboxylic acids is 1. The molecule has 1 amide bonds. The number of nitrogens with one attached hydrogen (secondary N) is 1. The van der Waals surface area contributed by atoms with Crippen molar-refractivity contribution in [2.24, 2.45) is 10.8 Å². The first-order valence-corrected chi connectivity index (χ1v) is 6.35. The molecule has 0 unspecified atom stereocenters. The Bertz CT molecular complexity index is 321. The number of carbonyl (C=O) groups excluding carboxylic acids is 1. The summed E-state index contributed by atoms with van der Waals surface area (Å²) in [6.07, 6.45) is 2.54. The quantitative estimate of drug-likeness (QED) is 0.676. The van der Waals surface area contributed by atoms with E-state index in [1.165, 1.54) is 0 Å². The van der Waals surface area contributed by atoms with Crippen LogP contribution in [0.5, 0.6) is 0 Å². The molecule has 0 saturated heterocycles. The molecule has 0 aromatic carbocycles. The van der Waals surface area contributed by atoms with Crippen LogP contribution in [0, 0.1) is 10.8 Å². The van der Waals surface area contributed by atoms with E-state index in [2.05, 4.69) is 5.32 Å². The highest BCUT2D eigenvalue weighted by Gasteiger charge is 2.51. The molecule has 1 saturated carbocycles. The van der Waals surface area contributed by atoms with Crippen molar-refractivity contribution in [2.45, 2.75) is 39.5 Å². The van der Waals surface area contributed by atoms with Crippen molar-refractivity contribution in [3.05, 3.63) is 0 Å². The van der Waals surface area contributed by atoms with E-state index in [1.54, 1.807) is 7.11 Å². The standard InChI is InChI=1S/C13H23NO4/c1-12(2,7-8-18-3)9-14-10(15)13(11(16)17)5-4-6-13/h4-9H2,1-3H3,(H,14,15)(H,16,17). The van der Waals surface area contributed by atoms with Gasteiger partial charge in [-0.15, -0.1) is 0 Å². The molecule has 0 bridgehead atoms. The normalized spacial score (nSPS) is 17.9. The van der Waals surface area contributed by atoms with Gasteiger partial charge in [-0.3, -0.25) is 9.59 Å². The average Bonchev–Trinajstić information content (AvgIpc) is 2.22. The molecule has 1 aliphatic carbocycles. The number of amides is 1. The Kier molecular flexibility index (Phi) is 4.73. The minimum absolute atomic E-state index is 0.0882. The van der Waals surface area contributed by atoms with Crippen LogP contribution in [-0.2, 0) is 14.3 Å². The van der Waals surface area contributed by atoms with Crippen molar-refractivity contribution in [1.82, 2.24) is 5.32 Å². The molecule has 1 rings (SSSR count). The number of carboxylic acid groups (broad SMARTS) is 1. The van der Waals surface area contributed by atoms with Crippen LogP contribution in [0.25, 0.3) is 0 Å². The number of rotatable bonds is 7. The van der Waals surface area contributed by atoms with E-state index >= 15 is 0 Å². The number of hydrogen-bond acceptors (Lipinski definition) is 3. The third-order valence-corrected chi connectivity index (χ3v) is 3.76. The molecule has 0 aliphatic heterocycles. The fraction of sp³-hybridized carbons (Fsp3) is 0.846. The molecular weight excluding hydrogens is 234 g/mol. The van der Waals surface area contributed by atoms with Gasteiger partial charge in [0.05, 0.1) is 0 Å². The van der Waals surface area contributed by atoms with Gasteiger partial charge in [0.1, 0.15) is 5.41 Å². The van der Waals surface area contributed by atoms with E-state index in [-0.39, 0.29) is 11.3 Å². The highest BCUT2D eigenvalue weighted by Crippen LogP contribution is 2.41. The smallest absolute Gasteiger partial charge is 0.319 e. The van der Waals surface area contributed by atoms with Crippen LogP contribution >= 0.6 is 0 Å². The van der Waals surface area contributed by atoms with Crippen molar-refractivity contribution < 1.29 is 19.4 Å². The first-order valence-electron chi connectivity index (χ1n) is 6.35. The lowest BCUT2D eigenvalue weighted by Gasteiger charge is -2.37. The molecule has 0 aromatic rings. The lowest BCUT2D eigenvalue weighted by Crippen LogP contribution is -2.52. The van der Waals surface area contributed by atoms with Gasteiger partial charge in [0.15, 0.2) is 0 Å². The Labute approximate surface area is 108 Å². The SMILES string of the molecule is COCCC(C)(C)CNC(=O)C1(C(=O)O)CCC1. The number of methoxy groups -OCH3 is 1. The van der Waals surface area contributed by atoms with Crippen LogP contribution in [-0.4, -0.2) is 37.2 Å². The Morgan fingerprint density at radius 3 is 2.39 bits per heavy atom. The summed E-state index contributed by atoms with van der Waals surface area (Å²) in [6.45, 7) is 5.16. The average molecular weight is 257 g/mol. The molecule has 0 spiro atoms. The zero-order valence-electron chi connectivity index (χ0n) is 11.4. The van der Waals surface area contributed by atoms with Crippen LogP contribution in [0.4, 0.5) is 0 Å². The van der Waals surface area contributed by atoms with Crippen LogP contribution in [0.2, 0.25) is 0 Å². The van der Waals surface area contributed by atoms with Gasteiger partial charge < -0.3 is 15.2 Å². The second-order valence-corrected chi connectivity index (χ2v) is 5.83. The summed E-state index contributed by atoms with van der Waals surface area (Å²) in [5.74, 6) is -1.34. The van der Waals surface area contributed by atoms with E-state index in [4.69, 9.17) is 9.84 Å². The minimum atomic E-state index is -1.17. The van der Waals surface area contributed by atoms with Gasteiger partial charge in [0, 0.05) is 20.3 Å². The third-order valence-electron chi connectivity index (χ3n) is 3.76. The number of carbonyl (C=O) groups is 2. The zero-order chi connectivity index (χ0) is 13.8. The maximum Gasteiger partial charge on any atom is 0.319 e. The lowest BCUT2D eigenvalue weighted by molar-refractivity contribution is -0.162. The molecule has 0 atom stereocenters. The molecule has 0 aromatic heterocycles. The van der Waals surface area contributed by atoms with Gasteiger partial charge in [-0.25, -0.2) is 0 Å². The Hall–Kier alpha value is -1.10. The number of hydrogen-bond donors (Lipinski definition) is 2. The summed E-state index contributed by atoms with van der Waals surface area (Å²) in [6, 6.07) is 0. The van der Waals surface area contributed by atoms with Gasteiger partial charge in [-0.05, 0) is 24.7 Å². The molecule has 104 valence electrons. The second-order valence-electron chi connectivity index (χ2n) is 5.83. The van der Waals surface area contributed by atoms with Crippen molar-refractivity contribution >= 4 is 11.9 Å². The Morgan fingerprint density at radius 1 is 1.39 bits per heavy atom. The number of carboxylic acids is 1. The molecule has 5 heteroatoms. The lowest BCUT2D eigenvalue weighted by atomic mass is 9.68. The summed E-state index contributed by atoms with van der Waals surface area (Å²) in [7, 11) is 1.64. The van der Waals surface area contributed by atoms with Crippen LogP contribution in [0.1, 0.15) is 39.5 Å². The third kappa shape index (κ3) is 3.22. The second kappa shape index (κ2) is 5.69. The van der Waals surface area contributed by atoms with Crippen molar-refractivity contribution in [3.8, 4) is 0 Å². The summed E-state index contributed by atoms with van der Waals surface area (Å²) >= 11 is 0. The fourth-order valence-corrected chi connectivity index (χ4v) is 2.02. The van der Waals surface area contributed by atoms with Gasteiger partial charge in [-0.2, -0.15) is 0 Å². The minimum Gasteiger partial charge on any atom is -0.480 e. The topological polar surface area (TPSA) is 75.6 Å². The first-order chi connectivity index (χ1) is 8.34.